The number of imidazole rings is 1. The van der Waals surface area contributed by atoms with Crippen LogP contribution >= 0.6 is 11.8 Å². The number of carbonyl (C=O) groups is 1. The number of amides is 1. The van der Waals surface area contributed by atoms with E-state index in [9.17, 15) is 4.79 Å². The monoisotopic (exact) mass is 342 g/mol. The Bertz CT molecular complexity index is 882. The fraction of sp³-hybridized carbons (Fsp3) is 0.353. The van der Waals surface area contributed by atoms with E-state index in [1.54, 1.807) is 30.1 Å². The number of hydrogen-bond donors (Lipinski definition) is 1. The zero-order valence-electron chi connectivity index (χ0n) is 13.4. The molecule has 1 aliphatic carbocycles. The number of benzene rings is 1. The van der Waals surface area contributed by atoms with Gasteiger partial charge in [0.2, 0.25) is 0 Å². The zero-order chi connectivity index (χ0) is 16.5. The van der Waals surface area contributed by atoms with Crippen molar-refractivity contribution in [1.29, 1.82) is 0 Å². The van der Waals surface area contributed by atoms with Gasteiger partial charge in [-0.1, -0.05) is 11.8 Å². The Balaban J connectivity index is 1.35. The van der Waals surface area contributed by atoms with Crippen LogP contribution in [-0.4, -0.2) is 32.7 Å². The van der Waals surface area contributed by atoms with Crippen molar-refractivity contribution in [3.63, 3.8) is 0 Å². The van der Waals surface area contributed by atoms with Crippen molar-refractivity contribution >= 4 is 28.8 Å². The van der Waals surface area contributed by atoms with Crippen molar-refractivity contribution in [3.05, 3.63) is 42.0 Å². The molecular formula is C17H18N4O2S. The van der Waals surface area contributed by atoms with E-state index in [-0.39, 0.29) is 5.91 Å². The van der Waals surface area contributed by atoms with Gasteiger partial charge in [-0.3, -0.25) is 4.79 Å². The second-order valence-electron chi connectivity index (χ2n) is 5.93. The van der Waals surface area contributed by atoms with Crippen LogP contribution in [-0.2, 0) is 7.05 Å². The van der Waals surface area contributed by atoms with Gasteiger partial charge in [-0.25, -0.2) is 9.97 Å². The molecule has 1 fully saturated rings. The maximum Gasteiger partial charge on any atom is 0.251 e. The van der Waals surface area contributed by atoms with Crippen molar-refractivity contribution in [3.8, 4) is 0 Å². The Hall–Kier alpha value is -2.28. The first-order chi connectivity index (χ1) is 11.7. The maximum atomic E-state index is 12.3. The van der Waals surface area contributed by atoms with Crippen LogP contribution in [0.4, 0.5) is 0 Å². The third kappa shape index (κ3) is 3.17. The number of nitrogens with one attached hydrogen (secondary N) is 1. The van der Waals surface area contributed by atoms with Crippen LogP contribution in [0.15, 0.2) is 40.2 Å². The van der Waals surface area contributed by atoms with Crippen molar-refractivity contribution in [1.82, 2.24) is 19.9 Å². The summed E-state index contributed by atoms with van der Waals surface area (Å²) < 4.78 is 7.72. The molecule has 0 aliphatic heterocycles. The predicted molar refractivity (Wildman–Crippen MR) is 92.2 cm³/mol. The Morgan fingerprint density at radius 2 is 2.33 bits per heavy atom. The molecule has 0 spiro atoms. The average molecular weight is 342 g/mol. The summed E-state index contributed by atoms with van der Waals surface area (Å²) in [5.41, 5.74) is 2.11. The van der Waals surface area contributed by atoms with E-state index < -0.39 is 0 Å². The molecule has 0 unspecified atom stereocenters. The van der Waals surface area contributed by atoms with Gasteiger partial charge in [-0.15, -0.1) is 0 Å². The summed E-state index contributed by atoms with van der Waals surface area (Å²) in [6.45, 7) is 0.581. The quantitative estimate of drug-likeness (QED) is 0.551. The highest BCUT2D eigenvalue weighted by Crippen LogP contribution is 2.40. The van der Waals surface area contributed by atoms with E-state index in [4.69, 9.17) is 4.42 Å². The molecule has 0 radical (unpaired) electrons. The van der Waals surface area contributed by atoms with Gasteiger partial charge >= 0.3 is 0 Å². The molecule has 0 bridgehead atoms. The van der Waals surface area contributed by atoms with Crippen LogP contribution in [0.3, 0.4) is 0 Å². The summed E-state index contributed by atoms with van der Waals surface area (Å²) in [4.78, 5) is 21.0. The summed E-state index contributed by atoms with van der Waals surface area (Å²) in [6.07, 6.45) is 5.97. The fourth-order valence-corrected chi connectivity index (χ4v) is 3.28. The Kier molecular flexibility index (Phi) is 4.02. The van der Waals surface area contributed by atoms with E-state index in [1.807, 2.05) is 23.9 Å². The highest BCUT2D eigenvalue weighted by Gasteiger charge is 2.29. The molecule has 6 nitrogen and oxygen atoms in total. The number of oxazole rings is 1. The van der Waals surface area contributed by atoms with Gasteiger partial charge in [0.05, 0.1) is 0 Å². The average Bonchev–Trinajstić information content (AvgIpc) is 3.22. The molecule has 1 aromatic carbocycles. The molecule has 3 aromatic rings. The Morgan fingerprint density at radius 3 is 3.08 bits per heavy atom. The molecule has 1 aliphatic rings. The van der Waals surface area contributed by atoms with Crippen molar-refractivity contribution in [2.24, 2.45) is 7.05 Å². The second kappa shape index (κ2) is 6.32. The molecule has 2 heterocycles. The van der Waals surface area contributed by atoms with Crippen molar-refractivity contribution in [2.45, 2.75) is 23.9 Å². The van der Waals surface area contributed by atoms with E-state index in [0.717, 1.165) is 35.2 Å². The first-order valence-corrected chi connectivity index (χ1v) is 8.98. The van der Waals surface area contributed by atoms with Gasteiger partial charge in [-0.05, 0) is 31.0 Å². The van der Waals surface area contributed by atoms with Crippen molar-refractivity contribution in [2.75, 3.05) is 12.3 Å². The molecule has 2 aromatic heterocycles. The molecule has 1 amide bonds. The number of thioether (sulfide) groups is 1. The summed E-state index contributed by atoms with van der Waals surface area (Å²) in [6, 6.07) is 5.42. The number of aromatic nitrogens is 3. The van der Waals surface area contributed by atoms with E-state index in [2.05, 4.69) is 15.3 Å². The number of nitrogens with zero attached hydrogens (tertiary/aromatic N) is 3. The zero-order valence-corrected chi connectivity index (χ0v) is 14.2. The van der Waals surface area contributed by atoms with E-state index in [1.165, 1.54) is 0 Å². The first-order valence-electron chi connectivity index (χ1n) is 7.99. The minimum absolute atomic E-state index is 0.0956. The van der Waals surface area contributed by atoms with Gasteiger partial charge in [0.25, 0.3) is 5.91 Å². The lowest BCUT2D eigenvalue weighted by Gasteiger charge is -2.05. The Labute approximate surface area is 143 Å². The molecule has 0 saturated heterocycles. The normalized spacial score (nSPS) is 14.2. The van der Waals surface area contributed by atoms with Crippen LogP contribution < -0.4 is 5.32 Å². The predicted octanol–water partition coefficient (Wildman–Crippen LogP) is 2.96. The van der Waals surface area contributed by atoms with Gasteiger partial charge < -0.3 is 14.3 Å². The number of aryl methyl sites for hydroxylation is 1. The molecule has 24 heavy (non-hydrogen) atoms. The molecule has 124 valence electrons. The number of rotatable bonds is 6. The fourth-order valence-electron chi connectivity index (χ4n) is 2.49. The third-order valence-corrected chi connectivity index (χ3v) is 5.05. The van der Waals surface area contributed by atoms with Crippen LogP contribution in [0.25, 0.3) is 11.1 Å². The highest BCUT2D eigenvalue weighted by molar-refractivity contribution is 7.99. The van der Waals surface area contributed by atoms with Crippen LogP contribution in [0.2, 0.25) is 0 Å². The highest BCUT2D eigenvalue weighted by atomic mass is 32.2. The van der Waals surface area contributed by atoms with E-state index in [0.29, 0.717) is 23.6 Å². The topological polar surface area (TPSA) is 73.0 Å². The summed E-state index contributed by atoms with van der Waals surface area (Å²) in [7, 11) is 1.95. The number of carbonyl (C=O) groups excluding carboxylic acids is 1. The third-order valence-electron chi connectivity index (χ3n) is 3.99. The van der Waals surface area contributed by atoms with Crippen LogP contribution in [0, 0.1) is 0 Å². The molecule has 7 heteroatoms. The lowest BCUT2D eigenvalue weighted by atomic mass is 10.2. The SMILES string of the molecule is Cn1ccnc1SCCNC(=O)c1ccc2nc(C3CC3)oc2c1. The molecule has 1 N–H and O–H groups in total. The molecule has 1 saturated carbocycles. The molecule has 4 rings (SSSR count). The van der Waals surface area contributed by atoms with Crippen molar-refractivity contribution < 1.29 is 9.21 Å². The maximum absolute atomic E-state index is 12.3. The second-order valence-corrected chi connectivity index (χ2v) is 7.00. The molecular weight excluding hydrogens is 324 g/mol. The number of fused-ring (bicyclic) bond motifs is 1. The minimum Gasteiger partial charge on any atom is -0.440 e. The Morgan fingerprint density at radius 1 is 1.46 bits per heavy atom. The van der Waals surface area contributed by atoms with Gasteiger partial charge in [0.15, 0.2) is 16.6 Å². The smallest absolute Gasteiger partial charge is 0.251 e. The van der Waals surface area contributed by atoms with Gasteiger partial charge in [-0.2, -0.15) is 0 Å². The van der Waals surface area contributed by atoms with Crippen LogP contribution in [0.5, 0.6) is 0 Å². The van der Waals surface area contributed by atoms with E-state index >= 15 is 0 Å². The summed E-state index contributed by atoms with van der Waals surface area (Å²) in [5.74, 6) is 1.95. The first kappa shape index (κ1) is 15.3. The summed E-state index contributed by atoms with van der Waals surface area (Å²) in [5, 5.41) is 3.87. The number of hydrogen-bond acceptors (Lipinski definition) is 5. The summed E-state index contributed by atoms with van der Waals surface area (Å²) >= 11 is 1.62. The lowest BCUT2D eigenvalue weighted by Crippen LogP contribution is -2.25. The largest absolute Gasteiger partial charge is 0.440 e. The lowest BCUT2D eigenvalue weighted by molar-refractivity contribution is 0.0956. The minimum atomic E-state index is -0.0956. The van der Waals surface area contributed by atoms with Gasteiger partial charge in [0.1, 0.15) is 5.52 Å². The van der Waals surface area contributed by atoms with Crippen LogP contribution in [0.1, 0.15) is 35.0 Å². The van der Waals surface area contributed by atoms with Gasteiger partial charge in [0, 0.05) is 43.2 Å². The molecule has 0 atom stereocenters. The standard InChI is InChI=1S/C17H18N4O2S/c1-21-8-6-19-17(21)24-9-7-18-15(22)12-4-5-13-14(10-12)23-16(20-13)11-2-3-11/h4-6,8,10-11H,2-3,7,9H2,1H3,(H,18,22).